The molecular formula is C68H112N12O20. The second-order valence-corrected chi connectivity index (χ2v) is 26.3. The lowest BCUT2D eigenvalue weighted by Crippen LogP contribution is -2.61. The summed E-state index contributed by atoms with van der Waals surface area (Å²) < 4.78 is 0. The minimum Gasteiger partial charge on any atom is -0.504 e. The number of hydrogen-bond donors (Lipinski definition) is 17. The van der Waals surface area contributed by atoms with Crippen LogP contribution in [0.3, 0.4) is 0 Å². The summed E-state index contributed by atoms with van der Waals surface area (Å²) in [5.74, 6) is -17.2. The molecule has 0 aliphatic rings. The third-order valence-corrected chi connectivity index (χ3v) is 16.5. The maximum atomic E-state index is 13.9. The van der Waals surface area contributed by atoms with Gasteiger partial charge in [-0.2, -0.15) is 0 Å². The van der Waals surface area contributed by atoms with E-state index in [1.807, 2.05) is 0 Å². The molecule has 0 aliphatic carbocycles. The molecule has 564 valence electrons. The highest BCUT2D eigenvalue weighted by Crippen LogP contribution is 2.25. The fraction of sp³-hybridized carbons (Fsp3) is 0.691. The number of phenols is 2. The summed E-state index contributed by atoms with van der Waals surface area (Å²) in [4.78, 5) is 196. The molecule has 0 fully saturated rings. The summed E-state index contributed by atoms with van der Waals surface area (Å²) in [5.41, 5.74) is 5.58. The Morgan fingerprint density at radius 1 is 0.360 bits per heavy atom. The Morgan fingerprint density at radius 3 is 1.07 bits per heavy atom. The number of rotatable bonds is 52. The van der Waals surface area contributed by atoms with Crippen molar-refractivity contribution in [1.82, 2.24) is 58.5 Å². The van der Waals surface area contributed by atoms with E-state index < -0.39 is 205 Å². The molecule has 0 aliphatic heterocycles. The summed E-state index contributed by atoms with van der Waals surface area (Å²) in [5, 5.41) is 74.9. The van der Waals surface area contributed by atoms with Crippen LogP contribution in [-0.2, 0) is 67.1 Å². The number of unbranched alkanes of at least 4 members (excludes halogenated alkanes) is 13. The van der Waals surface area contributed by atoms with Crippen molar-refractivity contribution in [3.63, 3.8) is 0 Å². The first-order chi connectivity index (χ1) is 47.0. The molecule has 0 radical (unpaired) electrons. The maximum Gasteiger partial charge on any atom is 0.303 e. The van der Waals surface area contributed by atoms with Gasteiger partial charge in [0.05, 0.1) is 0 Å². The first kappa shape index (κ1) is 88.9. The van der Waals surface area contributed by atoms with Crippen LogP contribution in [0.4, 0.5) is 0 Å². The molecule has 1 aromatic carbocycles. The van der Waals surface area contributed by atoms with Crippen LogP contribution >= 0.6 is 0 Å². The number of nitrogens with one attached hydrogen (secondary N) is 11. The molecule has 0 bridgehead atoms. The molecule has 1 aromatic rings. The molecule has 18 N–H and O–H groups in total. The van der Waals surface area contributed by atoms with E-state index in [2.05, 4.69) is 65.4 Å². The Hall–Kier alpha value is -9.13. The average molecular weight is 1420 g/mol. The van der Waals surface area contributed by atoms with Crippen molar-refractivity contribution in [3.05, 3.63) is 23.8 Å². The van der Waals surface area contributed by atoms with Crippen LogP contribution in [-0.4, -0.2) is 181 Å². The fourth-order valence-corrected chi connectivity index (χ4v) is 10.3. The van der Waals surface area contributed by atoms with Gasteiger partial charge < -0.3 is 89.8 Å². The number of carboxylic acid groups (broad SMARTS) is 3. The van der Waals surface area contributed by atoms with Gasteiger partial charge in [0.1, 0.15) is 60.4 Å². The molecule has 0 aromatic heterocycles. The summed E-state index contributed by atoms with van der Waals surface area (Å²) in [6.07, 6.45) is 11.3. The van der Waals surface area contributed by atoms with E-state index >= 15 is 0 Å². The van der Waals surface area contributed by atoms with E-state index in [0.29, 0.717) is 6.42 Å². The van der Waals surface area contributed by atoms with Gasteiger partial charge in [0.25, 0.3) is 5.91 Å². The van der Waals surface area contributed by atoms with Gasteiger partial charge in [0, 0.05) is 37.8 Å². The van der Waals surface area contributed by atoms with E-state index in [9.17, 15) is 97.5 Å². The second kappa shape index (κ2) is 47.8. The molecule has 0 unspecified atom stereocenters. The number of benzene rings is 1. The Morgan fingerprint density at radius 2 is 0.700 bits per heavy atom. The Labute approximate surface area is 585 Å². The number of aliphatic carboxylic acids is 3. The molecule has 0 heterocycles. The van der Waals surface area contributed by atoms with Crippen molar-refractivity contribution < 1.29 is 97.5 Å². The van der Waals surface area contributed by atoms with Crippen LogP contribution in [0.5, 0.6) is 11.5 Å². The summed E-state index contributed by atoms with van der Waals surface area (Å²) in [6.45, 7) is 16.2. The van der Waals surface area contributed by atoms with Crippen LogP contribution in [0.2, 0.25) is 0 Å². The fourth-order valence-electron chi connectivity index (χ4n) is 10.3. The predicted octanol–water partition coefficient (Wildman–Crippen LogP) is 2.43. The molecule has 32 heteroatoms. The molecule has 32 nitrogen and oxygen atoms in total. The number of carbonyl (C=O) groups excluding carboxylic acids is 12. The molecule has 12 amide bonds. The third-order valence-electron chi connectivity index (χ3n) is 16.5. The van der Waals surface area contributed by atoms with Crippen LogP contribution in [0.15, 0.2) is 18.2 Å². The van der Waals surface area contributed by atoms with Gasteiger partial charge >= 0.3 is 17.9 Å². The molecule has 0 saturated heterocycles. The van der Waals surface area contributed by atoms with Crippen LogP contribution < -0.4 is 64.2 Å². The average Bonchev–Trinajstić information content (AvgIpc) is 0.863. The van der Waals surface area contributed by atoms with Crippen molar-refractivity contribution in [1.29, 1.82) is 0 Å². The number of carboxylic acids is 3. The van der Waals surface area contributed by atoms with E-state index in [-0.39, 0.29) is 49.6 Å². The topological polar surface area (TPSA) is 516 Å². The van der Waals surface area contributed by atoms with Crippen molar-refractivity contribution in [3.8, 4) is 11.5 Å². The number of primary amides is 1. The zero-order valence-electron chi connectivity index (χ0n) is 59.6. The quantitative estimate of drug-likeness (QED) is 0.0329. The van der Waals surface area contributed by atoms with Crippen molar-refractivity contribution in [2.75, 3.05) is 6.54 Å². The lowest BCUT2D eigenvalue weighted by Gasteiger charge is -2.30. The van der Waals surface area contributed by atoms with Crippen LogP contribution in [0, 0.1) is 17.8 Å². The first-order valence-electron chi connectivity index (χ1n) is 34.8. The summed E-state index contributed by atoms with van der Waals surface area (Å²) >= 11 is 0. The van der Waals surface area contributed by atoms with Crippen LogP contribution in [0.25, 0.3) is 0 Å². The van der Waals surface area contributed by atoms with E-state index in [4.69, 9.17) is 5.73 Å². The zero-order valence-corrected chi connectivity index (χ0v) is 59.6. The predicted molar refractivity (Wildman–Crippen MR) is 367 cm³/mol. The first-order valence-corrected chi connectivity index (χ1v) is 34.8. The maximum absolute atomic E-state index is 13.9. The highest BCUT2D eigenvalue weighted by atomic mass is 16.4. The van der Waals surface area contributed by atoms with Gasteiger partial charge in [0.2, 0.25) is 65.0 Å². The highest BCUT2D eigenvalue weighted by molar-refractivity contribution is 5.99. The molecule has 1 rings (SSSR count). The molecule has 0 spiro atoms. The standard InChI is InChI=1S/C68H112N12O20/c1-11-12-13-14-15-16-17-18-19-20-21-22-23-27-51(83)78-55(38(2)3)67(99)80-57(40(6)7)68(100)79-56(39(4)5)66(98)73-42(9)60(92)71-41(8)59(91)72-43(10)61(93)75-46(29-33-52(84)85)64(96)77-48(31-35-54(88)89)65(97)76-47(30-34-53(86)87)63(95)74-45(58(69)90)26-24-25-36-70-62(94)44-28-32-49(81)50(82)37-44/h28,32,37-43,45-48,55-57,81-82H,11-27,29-31,33-36H2,1-10H3,(H2,69,90)(H,70,94)(H,71,92)(H,72,91)(H,73,98)(H,74,95)(H,75,93)(H,76,97)(H,77,96)(H,78,83)(H,79,100)(H,80,99)(H,84,85)(H,86,87)(H,88,89)/t41-,42+,43+,45+,46-,47-,48+,55-,56-,57+/m1/s1. The molecular weight excluding hydrogens is 1300 g/mol. The zero-order chi connectivity index (χ0) is 75.8. The van der Waals surface area contributed by atoms with E-state index in [1.54, 1.807) is 41.5 Å². The monoisotopic (exact) mass is 1420 g/mol. The van der Waals surface area contributed by atoms with Crippen molar-refractivity contribution in [2.24, 2.45) is 23.5 Å². The van der Waals surface area contributed by atoms with E-state index in [0.717, 1.165) is 38.3 Å². The second-order valence-electron chi connectivity index (χ2n) is 26.3. The lowest BCUT2D eigenvalue weighted by atomic mass is 9.97. The Kier molecular flexibility index (Phi) is 42.5. The molecule has 0 saturated carbocycles. The molecule has 10 atom stereocenters. The van der Waals surface area contributed by atoms with Crippen molar-refractivity contribution in [2.45, 2.75) is 277 Å². The van der Waals surface area contributed by atoms with Gasteiger partial charge in [-0.15, -0.1) is 0 Å². The van der Waals surface area contributed by atoms with Gasteiger partial charge in [-0.3, -0.25) is 71.9 Å². The largest absolute Gasteiger partial charge is 0.504 e. The van der Waals surface area contributed by atoms with Gasteiger partial charge in [-0.1, -0.05) is 126 Å². The number of hydrogen-bond acceptors (Lipinski definition) is 17. The summed E-state index contributed by atoms with van der Waals surface area (Å²) in [6, 6.07) is -11.0. The number of phenolic OH excluding ortho intramolecular Hbond substituents is 2. The number of amides is 12. The smallest absolute Gasteiger partial charge is 0.303 e. The van der Waals surface area contributed by atoms with Crippen molar-refractivity contribution >= 4 is 88.8 Å². The normalized spacial score (nSPS) is 14.2. The minimum atomic E-state index is -1.85. The number of nitrogens with two attached hydrogens (primary N) is 1. The number of carbonyl (C=O) groups is 15. The lowest BCUT2D eigenvalue weighted by molar-refractivity contribution is -0.140. The Bertz CT molecular complexity index is 2890. The van der Waals surface area contributed by atoms with Crippen LogP contribution in [0.1, 0.15) is 227 Å². The summed E-state index contributed by atoms with van der Waals surface area (Å²) in [7, 11) is 0. The number of aromatic hydroxyl groups is 2. The third kappa shape index (κ3) is 36.1. The molecule has 100 heavy (non-hydrogen) atoms. The highest BCUT2D eigenvalue weighted by Gasteiger charge is 2.36. The Balaban J connectivity index is 3.03. The van der Waals surface area contributed by atoms with Gasteiger partial charge in [0.15, 0.2) is 11.5 Å². The van der Waals surface area contributed by atoms with Gasteiger partial charge in [-0.25, -0.2) is 0 Å². The SMILES string of the molecule is CCCCCCCCCCCCCCCC(=O)N[C@@H](C(=O)N[C@H](C(=O)N[C@@H](C(=O)N[C@@H](C)C(=O)N[C@H](C)C(=O)N[C@@H](C)C(=O)N[C@H](CCC(=O)O)C(=O)N[C@@H](CCC(=O)O)C(=O)N[C@H](CCC(=O)O)C(=O)N[C@@H](CCCCNC(=O)c1ccc(O)c(O)c1)C(N)=O)C(C)C)C(C)C)C(C)C. The minimum absolute atomic E-state index is 0.0343. The van der Waals surface area contributed by atoms with E-state index in [1.165, 1.54) is 77.7 Å². The van der Waals surface area contributed by atoms with Gasteiger partial charge in [-0.05, 0) is 102 Å².